The molecule has 3 heterocycles. The number of ether oxygens (including phenoxy) is 3. The van der Waals surface area contributed by atoms with Crippen molar-refractivity contribution in [2.45, 2.75) is 19.6 Å². The van der Waals surface area contributed by atoms with Gasteiger partial charge in [-0.2, -0.15) is 0 Å². The van der Waals surface area contributed by atoms with E-state index in [4.69, 9.17) is 24.2 Å². The second kappa shape index (κ2) is 9.02. The predicted molar refractivity (Wildman–Crippen MR) is 143 cm³/mol. The van der Waals surface area contributed by atoms with Crippen LogP contribution in [0.3, 0.4) is 0 Å². The molecule has 0 saturated carbocycles. The van der Waals surface area contributed by atoms with Crippen LogP contribution in [0.5, 0.6) is 0 Å². The van der Waals surface area contributed by atoms with E-state index in [0.717, 1.165) is 29.9 Å². The quantitative estimate of drug-likeness (QED) is 0.357. The van der Waals surface area contributed by atoms with E-state index in [1.165, 1.54) is 0 Å². The first-order chi connectivity index (χ1) is 18.8. The van der Waals surface area contributed by atoms with Crippen molar-refractivity contribution in [2.24, 2.45) is 0 Å². The molecule has 3 aromatic carbocycles. The van der Waals surface area contributed by atoms with Crippen molar-refractivity contribution in [1.29, 1.82) is 0 Å². The van der Waals surface area contributed by atoms with Crippen LogP contribution >= 0.6 is 0 Å². The van der Waals surface area contributed by atoms with E-state index >= 15 is 0 Å². The van der Waals surface area contributed by atoms with Crippen molar-refractivity contribution >= 4 is 40.1 Å². The molecule has 1 aromatic heterocycles. The minimum Gasteiger partial charge on any atom is -0.465 e. The fourth-order valence-electron chi connectivity index (χ4n) is 4.71. The molecule has 0 amide bonds. The molecular weight excluding hydrogens is 496 g/mol. The SMILES string of the molecule is COC(=O)C1=CC(=O)OC12OC(c1ccc(C)cc1)=C(c1nc3ccccc3nc1-c1ccc(C)cc1)C2=O. The van der Waals surface area contributed by atoms with Gasteiger partial charge in [-0.3, -0.25) is 4.79 Å². The maximum Gasteiger partial charge on any atom is 0.354 e. The first-order valence-corrected chi connectivity index (χ1v) is 12.2. The first kappa shape index (κ1) is 24.2. The number of Topliss-reactive ketones (excluding diaryl/α,β-unsaturated/α-hetero) is 1. The van der Waals surface area contributed by atoms with Crippen LogP contribution in [0.25, 0.3) is 33.6 Å². The third-order valence-corrected chi connectivity index (χ3v) is 6.71. The van der Waals surface area contributed by atoms with Crippen LogP contribution in [0.4, 0.5) is 0 Å². The third kappa shape index (κ3) is 3.88. The highest BCUT2D eigenvalue weighted by molar-refractivity contribution is 6.36. The van der Waals surface area contributed by atoms with Crippen molar-refractivity contribution in [1.82, 2.24) is 9.97 Å². The highest BCUT2D eigenvalue weighted by Gasteiger charge is 2.62. The monoisotopic (exact) mass is 518 g/mol. The molecule has 0 fully saturated rings. The number of ketones is 1. The lowest BCUT2D eigenvalue weighted by molar-refractivity contribution is -0.182. The number of carbonyl (C=O) groups is 3. The molecule has 2 aliphatic heterocycles. The first-order valence-electron chi connectivity index (χ1n) is 12.2. The van der Waals surface area contributed by atoms with Crippen LogP contribution in [-0.4, -0.2) is 40.6 Å². The Hall–Kier alpha value is -5.11. The zero-order chi connectivity index (χ0) is 27.3. The summed E-state index contributed by atoms with van der Waals surface area (Å²) in [5.74, 6) is -4.78. The van der Waals surface area contributed by atoms with Gasteiger partial charge in [-0.15, -0.1) is 0 Å². The Labute approximate surface area is 223 Å². The molecule has 1 spiro atoms. The summed E-state index contributed by atoms with van der Waals surface area (Å²) in [7, 11) is 1.15. The molecule has 192 valence electrons. The summed E-state index contributed by atoms with van der Waals surface area (Å²) in [6, 6.07) is 22.3. The summed E-state index contributed by atoms with van der Waals surface area (Å²) in [5, 5.41) is 0. The lowest BCUT2D eigenvalue weighted by Gasteiger charge is -2.23. The lowest BCUT2D eigenvalue weighted by atomic mass is 9.93. The fraction of sp³-hybridized carbons (Fsp3) is 0.129. The summed E-state index contributed by atoms with van der Waals surface area (Å²) in [4.78, 5) is 49.2. The van der Waals surface area contributed by atoms with Crippen molar-refractivity contribution in [3.63, 3.8) is 0 Å². The number of hydrogen-bond acceptors (Lipinski definition) is 8. The standard InChI is InChI=1S/C31H22N2O6/c1-17-8-12-19(13-9-17)26-27(33-23-7-5-4-6-22(23)32-26)25-28(20-14-10-18(2)11-15-20)39-31(29(25)35)21(30(36)37-3)16-24(34)38-31/h4-16H,1-3H3. The lowest BCUT2D eigenvalue weighted by Crippen LogP contribution is -2.42. The molecule has 0 N–H and O–H groups in total. The van der Waals surface area contributed by atoms with Gasteiger partial charge in [0.1, 0.15) is 17.0 Å². The molecule has 1 atom stereocenters. The van der Waals surface area contributed by atoms with E-state index in [1.54, 1.807) is 18.2 Å². The number of aromatic nitrogens is 2. The fourth-order valence-corrected chi connectivity index (χ4v) is 4.71. The Morgan fingerprint density at radius 1 is 0.769 bits per heavy atom. The molecule has 6 rings (SSSR count). The van der Waals surface area contributed by atoms with Gasteiger partial charge < -0.3 is 14.2 Å². The third-order valence-electron chi connectivity index (χ3n) is 6.71. The second-order valence-electron chi connectivity index (χ2n) is 9.36. The number of nitrogens with zero attached hydrogens (tertiary/aromatic N) is 2. The number of methoxy groups -OCH3 is 1. The molecule has 1 unspecified atom stereocenters. The van der Waals surface area contributed by atoms with Crippen LogP contribution in [-0.2, 0) is 28.6 Å². The van der Waals surface area contributed by atoms with Gasteiger partial charge >= 0.3 is 17.7 Å². The molecule has 4 aromatic rings. The molecule has 0 saturated heterocycles. The molecule has 8 heteroatoms. The van der Waals surface area contributed by atoms with Gasteiger partial charge in [0.25, 0.3) is 5.78 Å². The summed E-state index contributed by atoms with van der Waals surface area (Å²) >= 11 is 0. The van der Waals surface area contributed by atoms with Gasteiger partial charge in [-0.05, 0) is 26.0 Å². The number of para-hydroxylation sites is 2. The maximum absolute atomic E-state index is 14.4. The van der Waals surface area contributed by atoms with E-state index in [0.29, 0.717) is 22.3 Å². The van der Waals surface area contributed by atoms with Crippen LogP contribution in [0.2, 0.25) is 0 Å². The highest BCUT2D eigenvalue weighted by atomic mass is 16.7. The number of aryl methyl sites for hydroxylation is 2. The normalized spacial score (nSPS) is 18.4. The minimum absolute atomic E-state index is 0.0391. The van der Waals surface area contributed by atoms with Crippen molar-refractivity contribution in [3.05, 3.63) is 107 Å². The average Bonchev–Trinajstić information content (AvgIpc) is 3.43. The van der Waals surface area contributed by atoms with Gasteiger partial charge in [-0.25, -0.2) is 19.6 Å². The molecule has 0 aliphatic carbocycles. The summed E-state index contributed by atoms with van der Waals surface area (Å²) < 4.78 is 16.5. The number of benzene rings is 3. The van der Waals surface area contributed by atoms with Gasteiger partial charge in [0.15, 0.2) is 0 Å². The molecule has 39 heavy (non-hydrogen) atoms. The van der Waals surface area contributed by atoms with E-state index < -0.39 is 23.5 Å². The smallest absolute Gasteiger partial charge is 0.354 e. The van der Waals surface area contributed by atoms with E-state index in [9.17, 15) is 14.4 Å². The largest absolute Gasteiger partial charge is 0.465 e. The molecular formula is C31H22N2O6. The van der Waals surface area contributed by atoms with Crippen molar-refractivity contribution in [3.8, 4) is 11.3 Å². The minimum atomic E-state index is -2.34. The zero-order valence-electron chi connectivity index (χ0n) is 21.3. The molecule has 2 aliphatic rings. The van der Waals surface area contributed by atoms with E-state index in [-0.39, 0.29) is 22.6 Å². The number of esters is 2. The zero-order valence-corrected chi connectivity index (χ0v) is 21.3. The highest BCUT2D eigenvalue weighted by Crippen LogP contribution is 2.49. The van der Waals surface area contributed by atoms with Crippen LogP contribution in [0, 0.1) is 13.8 Å². The van der Waals surface area contributed by atoms with Crippen LogP contribution in [0.15, 0.2) is 84.4 Å². The average molecular weight is 519 g/mol. The van der Waals surface area contributed by atoms with Gasteiger partial charge in [0, 0.05) is 17.2 Å². The number of carbonyl (C=O) groups excluding carboxylic acids is 3. The van der Waals surface area contributed by atoms with E-state index in [2.05, 4.69) is 0 Å². The maximum atomic E-state index is 14.4. The molecule has 0 bridgehead atoms. The second-order valence-corrected chi connectivity index (χ2v) is 9.36. The molecule has 8 nitrogen and oxygen atoms in total. The number of rotatable bonds is 4. The summed E-state index contributed by atoms with van der Waals surface area (Å²) in [6.07, 6.45) is 0.923. The topological polar surface area (TPSA) is 105 Å². The Balaban J connectivity index is 1.65. The predicted octanol–water partition coefficient (Wildman–Crippen LogP) is 4.73. The van der Waals surface area contributed by atoms with Gasteiger partial charge in [0.05, 0.1) is 29.4 Å². The van der Waals surface area contributed by atoms with Gasteiger partial charge in [0.2, 0.25) is 0 Å². The Morgan fingerprint density at radius 3 is 1.92 bits per heavy atom. The number of hydrogen-bond donors (Lipinski definition) is 0. The Morgan fingerprint density at radius 2 is 1.33 bits per heavy atom. The van der Waals surface area contributed by atoms with Crippen molar-refractivity contribution < 1.29 is 28.6 Å². The van der Waals surface area contributed by atoms with Gasteiger partial charge in [-0.1, -0.05) is 71.8 Å². The summed E-state index contributed by atoms with van der Waals surface area (Å²) in [5.41, 5.74) is 4.88. The number of fused-ring (bicyclic) bond motifs is 1. The molecule has 0 radical (unpaired) electrons. The Bertz CT molecular complexity index is 1750. The summed E-state index contributed by atoms with van der Waals surface area (Å²) in [6.45, 7) is 3.91. The van der Waals surface area contributed by atoms with Crippen molar-refractivity contribution in [2.75, 3.05) is 7.11 Å². The van der Waals surface area contributed by atoms with Crippen LogP contribution < -0.4 is 0 Å². The van der Waals surface area contributed by atoms with E-state index in [1.807, 2.05) is 68.4 Å². The Kier molecular flexibility index (Phi) is 5.61. The van der Waals surface area contributed by atoms with Crippen LogP contribution in [0.1, 0.15) is 22.4 Å².